The van der Waals surface area contributed by atoms with Crippen molar-refractivity contribution in [3.8, 4) is 0 Å². The van der Waals surface area contributed by atoms with E-state index in [0.717, 1.165) is 50.7 Å². The fraction of sp³-hybridized carbons (Fsp3) is 0.727. The highest BCUT2D eigenvalue weighted by Crippen LogP contribution is 2.49. The number of phosphoric acid groups is 1. The first-order chi connectivity index (χ1) is 15.0. The van der Waals surface area contributed by atoms with Crippen LogP contribution in [-0.2, 0) is 37.2 Å². The summed E-state index contributed by atoms with van der Waals surface area (Å²) in [4.78, 5) is 21.9. The topological polar surface area (TPSA) is 97.4 Å². The molecule has 0 heterocycles. The van der Waals surface area contributed by atoms with Crippen LogP contribution in [-0.4, -0.2) is 45.0 Å². The van der Waals surface area contributed by atoms with Crippen molar-refractivity contribution < 1.29 is 37.2 Å². The summed E-state index contributed by atoms with van der Waals surface area (Å²) in [5.74, 6) is -0.881. The molecule has 180 valence electrons. The lowest BCUT2D eigenvalue weighted by atomic mass is 10.2. The molecular formula is C22H39O8P. The summed E-state index contributed by atoms with van der Waals surface area (Å²) in [5.41, 5.74) is 0. The lowest BCUT2D eigenvalue weighted by Gasteiger charge is -2.18. The van der Waals surface area contributed by atoms with Crippen molar-refractivity contribution in [2.24, 2.45) is 0 Å². The number of esters is 2. The highest BCUT2D eigenvalue weighted by Gasteiger charge is 2.26. The molecule has 0 bridgehead atoms. The summed E-state index contributed by atoms with van der Waals surface area (Å²) in [7, 11) is -3.62. The number of carbonyl (C=O) groups is 2. The number of ether oxygens (including phenoxy) is 2. The lowest BCUT2D eigenvalue weighted by Crippen LogP contribution is -2.06. The van der Waals surface area contributed by atoms with Gasteiger partial charge in [-0.25, -0.2) is 14.2 Å². The van der Waals surface area contributed by atoms with Gasteiger partial charge in [0, 0.05) is 12.2 Å². The highest BCUT2D eigenvalue weighted by molar-refractivity contribution is 7.48. The minimum atomic E-state index is -3.62. The number of unbranched alkanes of at least 4 members (excludes halogenated alkanes) is 7. The van der Waals surface area contributed by atoms with E-state index >= 15 is 0 Å². The van der Waals surface area contributed by atoms with Gasteiger partial charge in [-0.15, -0.1) is 0 Å². The van der Waals surface area contributed by atoms with E-state index < -0.39 is 19.8 Å². The molecule has 0 saturated heterocycles. The molecule has 0 atom stereocenters. The molecule has 0 unspecified atom stereocenters. The average molecular weight is 463 g/mol. The average Bonchev–Trinajstić information content (AvgIpc) is 2.77. The summed E-state index contributed by atoms with van der Waals surface area (Å²) in [6, 6.07) is 0. The van der Waals surface area contributed by atoms with Gasteiger partial charge in [0.15, 0.2) is 0 Å². The van der Waals surface area contributed by atoms with Crippen molar-refractivity contribution in [3.05, 3.63) is 25.3 Å². The smallest absolute Gasteiger partial charge is 0.463 e. The van der Waals surface area contributed by atoms with Crippen molar-refractivity contribution in [1.82, 2.24) is 0 Å². The predicted molar refractivity (Wildman–Crippen MR) is 120 cm³/mol. The van der Waals surface area contributed by atoms with Gasteiger partial charge in [0.1, 0.15) is 0 Å². The van der Waals surface area contributed by atoms with E-state index in [2.05, 4.69) is 20.1 Å². The largest absolute Gasteiger partial charge is 0.474 e. The third kappa shape index (κ3) is 19.0. The molecule has 0 saturated carbocycles. The van der Waals surface area contributed by atoms with Crippen LogP contribution in [0.3, 0.4) is 0 Å². The summed E-state index contributed by atoms with van der Waals surface area (Å²) in [6.07, 6.45) is 10.4. The Morgan fingerprint density at radius 1 is 0.645 bits per heavy atom. The normalized spacial score (nSPS) is 11.1. The molecule has 0 rings (SSSR count). The van der Waals surface area contributed by atoms with Gasteiger partial charge >= 0.3 is 19.8 Å². The second-order valence-electron chi connectivity index (χ2n) is 6.87. The molecule has 0 aromatic heterocycles. The molecule has 0 aliphatic rings. The molecule has 0 aliphatic carbocycles. The molecule has 31 heavy (non-hydrogen) atoms. The zero-order chi connectivity index (χ0) is 23.2. The molecule has 9 heteroatoms. The predicted octanol–water partition coefficient (Wildman–Crippen LogP) is 5.52. The Bertz CT molecular complexity index is 512. The fourth-order valence-corrected chi connectivity index (χ4v) is 3.68. The van der Waals surface area contributed by atoms with Gasteiger partial charge in [0.25, 0.3) is 0 Å². The van der Waals surface area contributed by atoms with Crippen LogP contribution in [0, 0.1) is 0 Å². The fourth-order valence-electron chi connectivity index (χ4n) is 2.39. The van der Waals surface area contributed by atoms with Gasteiger partial charge < -0.3 is 9.47 Å². The van der Waals surface area contributed by atoms with Gasteiger partial charge in [0.2, 0.25) is 0 Å². The summed E-state index contributed by atoms with van der Waals surface area (Å²) >= 11 is 0. The molecule has 0 amide bonds. The maximum absolute atomic E-state index is 12.9. The minimum Gasteiger partial charge on any atom is -0.463 e. The van der Waals surface area contributed by atoms with Crippen LogP contribution in [0.15, 0.2) is 25.3 Å². The monoisotopic (exact) mass is 462 g/mol. The van der Waals surface area contributed by atoms with E-state index in [-0.39, 0.29) is 13.2 Å². The first-order valence-corrected chi connectivity index (χ1v) is 12.6. The van der Waals surface area contributed by atoms with E-state index in [1.54, 1.807) is 0 Å². The van der Waals surface area contributed by atoms with Crippen molar-refractivity contribution in [3.63, 3.8) is 0 Å². The molecular weight excluding hydrogens is 423 g/mol. The third-order valence-electron chi connectivity index (χ3n) is 4.15. The maximum atomic E-state index is 12.9. The Morgan fingerprint density at radius 2 is 1.00 bits per heavy atom. The number of hydrogen-bond donors (Lipinski definition) is 0. The van der Waals surface area contributed by atoms with Gasteiger partial charge in [-0.2, -0.15) is 0 Å². The van der Waals surface area contributed by atoms with Crippen molar-refractivity contribution in [2.45, 2.75) is 71.1 Å². The first kappa shape index (κ1) is 29.5. The van der Waals surface area contributed by atoms with Gasteiger partial charge in [0.05, 0.1) is 33.0 Å². The second kappa shape index (κ2) is 20.4. The highest BCUT2D eigenvalue weighted by atomic mass is 31.2. The Kier molecular flexibility index (Phi) is 19.5. The van der Waals surface area contributed by atoms with E-state index in [1.807, 2.05) is 0 Å². The molecule has 0 N–H and O–H groups in total. The quantitative estimate of drug-likeness (QED) is 0.0897. The van der Waals surface area contributed by atoms with Crippen LogP contribution in [0.4, 0.5) is 0 Å². The molecule has 0 aromatic carbocycles. The van der Waals surface area contributed by atoms with Crippen LogP contribution >= 0.6 is 7.82 Å². The van der Waals surface area contributed by atoms with Gasteiger partial charge in [-0.3, -0.25) is 13.6 Å². The molecule has 0 radical (unpaired) electrons. The van der Waals surface area contributed by atoms with E-state index in [9.17, 15) is 14.2 Å². The Morgan fingerprint density at radius 3 is 1.35 bits per heavy atom. The second-order valence-corrected chi connectivity index (χ2v) is 8.54. The van der Waals surface area contributed by atoms with Gasteiger partial charge in [-0.05, 0) is 44.9 Å². The standard InChI is InChI=1S/C22H39O8P/c1-4-7-8-13-18-28-31(25,29-19-14-9-11-16-26-21(23)5-2)30-20-15-10-12-17-27-22(24)6-3/h5-6H,2-4,7-20H2,1H3. The summed E-state index contributed by atoms with van der Waals surface area (Å²) in [5, 5.41) is 0. The molecule has 0 spiro atoms. The minimum absolute atomic E-state index is 0.235. The summed E-state index contributed by atoms with van der Waals surface area (Å²) in [6.45, 7) is 10.2. The van der Waals surface area contributed by atoms with Crippen LogP contribution in [0.1, 0.15) is 71.1 Å². The Hall–Kier alpha value is -1.47. The van der Waals surface area contributed by atoms with Gasteiger partial charge in [-0.1, -0.05) is 39.3 Å². The zero-order valence-electron chi connectivity index (χ0n) is 18.9. The third-order valence-corrected chi connectivity index (χ3v) is 5.64. The number of hydrogen-bond acceptors (Lipinski definition) is 8. The van der Waals surface area contributed by atoms with Crippen LogP contribution in [0.25, 0.3) is 0 Å². The van der Waals surface area contributed by atoms with Crippen LogP contribution < -0.4 is 0 Å². The molecule has 8 nitrogen and oxygen atoms in total. The van der Waals surface area contributed by atoms with E-state index in [4.69, 9.17) is 23.0 Å². The number of phosphoric ester groups is 1. The molecule has 0 aliphatic heterocycles. The summed E-state index contributed by atoms with van der Waals surface area (Å²) < 4.78 is 39.1. The van der Waals surface area contributed by atoms with E-state index in [0.29, 0.717) is 45.5 Å². The Labute approximate surface area is 186 Å². The zero-order valence-corrected chi connectivity index (χ0v) is 19.8. The van der Waals surface area contributed by atoms with Crippen LogP contribution in [0.2, 0.25) is 0 Å². The van der Waals surface area contributed by atoms with Crippen molar-refractivity contribution >= 4 is 19.8 Å². The van der Waals surface area contributed by atoms with E-state index in [1.165, 1.54) is 0 Å². The molecule has 0 aromatic rings. The SMILES string of the molecule is C=CC(=O)OCCCCCOP(=O)(OCCCCCC)OCCCCCOC(=O)C=C. The Balaban J connectivity index is 4.13. The molecule has 0 fully saturated rings. The maximum Gasteiger partial charge on any atom is 0.474 e. The lowest BCUT2D eigenvalue weighted by molar-refractivity contribution is -0.138. The van der Waals surface area contributed by atoms with Crippen molar-refractivity contribution in [1.29, 1.82) is 0 Å². The van der Waals surface area contributed by atoms with Crippen molar-refractivity contribution in [2.75, 3.05) is 33.0 Å². The first-order valence-electron chi connectivity index (χ1n) is 11.1. The van der Waals surface area contributed by atoms with Crippen LogP contribution in [0.5, 0.6) is 0 Å². The number of carbonyl (C=O) groups excluding carboxylic acids is 2. The number of rotatable bonds is 22.